The number of anilines is 1. The van der Waals surface area contributed by atoms with Crippen LogP contribution in [0.3, 0.4) is 0 Å². The molecule has 1 aliphatic carbocycles. The molecule has 0 aliphatic heterocycles. The number of urea groups is 1. The Morgan fingerprint density at radius 2 is 1.64 bits per heavy atom. The number of carbonyl (C=O) groups excluding carboxylic acids is 1. The van der Waals surface area contributed by atoms with Crippen molar-refractivity contribution in [1.29, 1.82) is 0 Å². The fourth-order valence-corrected chi connectivity index (χ4v) is 2.53. The molecule has 1 aliphatic rings. The van der Waals surface area contributed by atoms with E-state index in [1.165, 1.54) is 11.6 Å². The van der Waals surface area contributed by atoms with Gasteiger partial charge in [0.15, 0.2) is 0 Å². The van der Waals surface area contributed by atoms with Crippen LogP contribution in [0.25, 0.3) is 0 Å². The molecule has 0 radical (unpaired) electrons. The van der Waals surface area contributed by atoms with E-state index in [2.05, 4.69) is 10.6 Å². The Hall–Kier alpha value is -2.43. The van der Waals surface area contributed by atoms with Gasteiger partial charge in [0.1, 0.15) is 17.3 Å². The molecule has 3 nitrogen and oxygen atoms in total. The average Bonchev–Trinajstić information content (AvgIpc) is 3.31. The minimum atomic E-state index is -0.792. The van der Waals surface area contributed by atoms with Gasteiger partial charge >= 0.3 is 6.03 Å². The first-order valence-corrected chi connectivity index (χ1v) is 7.15. The minimum absolute atomic E-state index is 0.0492. The third-order valence-electron chi connectivity index (χ3n) is 4.03. The molecule has 1 fully saturated rings. The first-order chi connectivity index (χ1) is 10.6. The quantitative estimate of drug-likeness (QED) is 0.885. The van der Waals surface area contributed by atoms with Crippen LogP contribution in [0.1, 0.15) is 18.4 Å². The second-order valence-corrected chi connectivity index (χ2v) is 5.55. The summed E-state index contributed by atoms with van der Waals surface area (Å²) in [6.45, 7) is 0.443. The molecule has 114 valence electrons. The van der Waals surface area contributed by atoms with Crippen LogP contribution in [0.5, 0.6) is 0 Å². The summed E-state index contributed by atoms with van der Waals surface area (Å²) in [7, 11) is 0. The van der Waals surface area contributed by atoms with Crippen LogP contribution < -0.4 is 10.6 Å². The van der Waals surface area contributed by atoms with Gasteiger partial charge in [0.2, 0.25) is 0 Å². The average molecular weight is 302 g/mol. The van der Waals surface area contributed by atoms with Gasteiger partial charge in [-0.3, -0.25) is 0 Å². The van der Waals surface area contributed by atoms with Crippen molar-refractivity contribution in [2.45, 2.75) is 18.3 Å². The van der Waals surface area contributed by atoms with E-state index in [9.17, 15) is 13.6 Å². The molecular weight excluding hydrogens is 286 g/mol. The van der Waals surface area contributed by atoms with Crippen molar-refractivity contribution < 1.29 is 13.6 Å². The maximum Gasteiger partial charge on any atom is 0.319 e. The molecule has 2 aromatic rings. The van der Waals surface area contributed by atoms with E-state index in [-0.39, 0.29) is 5.41 Å². The van der Waals surface area contributed by atoms with E-state index in [0.717, 1.165) is 25.0 Å². The van der Waals surface area contributed by atoms with Gasteiger partial charge in [-0.15, -0.1) is 0 Å². The number of hydrogen-bond donors (Lipinski definition) is 2. The normalized spacial score (nSPS) is 15.2. The zero-order valence-electron chi connectivity index (χ0n) is 11.9. The number of rotatable bonds is 4. The molecule has 2 aromatic carbocycles. The van der Waals surface area contributed by atoms with Gasteiger partial charge in [0, 0.05) is 12.0 Å². The molecule has 22 heavy (non-hydrogen) atoms. The predicted molar refractivity (Wildman–Crippen MR) is 80.7 cm³/mol. The summed E-state index contributed by atoms with van der Waals surface area (Å²) in [5.74, 6) is -1.58. The molecule has 2 amide bonds. The fourth-order valence-electron chi connectivity index (χ4n) is 2.53. The zero-order valence-corrected chi connectivity index (χ0v) is 11.9. The molecule has 0 bridgehead atoms. The lowest BCUT2D eigenvalue weighted by Gasteiger charge is -2.17. The summed E-state index contributed by atoms with van der Waals surface area (Å²) in [6, 6.07) is 12.8. The first-order valence-electron chi connectivity index (χ1n) is 7.15. The Morgan fingerprint density at radius 1 is 1.00 bits per heavy atom. The standard InChI is InChI=1S/C17H16F2N2O/c18-13-7-4-8-14(19)15(13)21-16(22)20-11-17(9-10-17)12-5-2-1-3-6-12/h1-8H,9-11H2,(H2,20,21,22). The lowest BCUT2D eigenvalue weighted by molar-refractivity contribution is 0.251. The Kier molecular flexibility index (Phi) is 3.79. The number of amides is 2. The topological polar surface area (TPSA) is 41.1 Å². The molecule has 0 spiro atoms. The third-order valence-corrected chi connectivity index (χ3v) is 4.03. The van der Waals surface area contributed by atoms with Crippen molar-refractivity contribution in [1.82, 2.24) is 5.32 Å². The highest BCUT2D eigenvalue weighted by Gasteiger charge is 2.44. The molecule has 3 rings (SSSR count). The van der Waals surface area contributed by atoms with Crippen LogP contribution in [-0.2, 0) is 5.41 Å². The number of nitrogens with one attached hydrogen (secondary N) is 2. The van der Waals surface area contributed by atoms with Crippen LogP contribution in [0.4, 0.5) is 19.3 Å². The van der Waals surface area contributed by atoms with Gasteiger partial charge in [0.05, 0.1) is 0 Å². The van der Waals surface area contributed by atoms with Crippen LogP contribution in [0, 0.1) is 11.6 Å². The van der Waals surface area contributed by atoms with Crippen LogP contribution in [-0.4, -0.2) is 12.6 Å². The lowest BCUT2D eigenvalue weighted by atomic mass is 9.96. The first kappa shape index (κ1) is 14.5. The summed E-state index contributed by atoms with van der Waals surface area (Å²) < 4.78 is 27.0. The second-order valence-electron chi connectivity index (χ2n) is 5.55. The molecule has 0 saturated heterocycles. The van der Waals surface area contributed by atoms with Crippen LogP contribution in [0.2, 0.25) is 0 Å². The highest BCUT2D eigenvalue weighted by molar-refractivity contribution is 5.89. The van der Waals surface area contributed by atoms with E-state index in [1.54, 1.807) is 0 Å². The zero-order chi connectivity index (χ0) is 15.6. The summed E-state index contributed by atoms with van der Waals surface area (Å²) in [4.78, 5) is 11.9. The molecule has 2 N–H and O–H groups in total. The lowest BCUT2D eigenvalue weighted by Crippen LogP contribution is -2.35. The maximum atomic E-state index is 13.5. The Labute approximate surface area is 127 Å². The smallest absolute Gasteiger partial charge is 0.319 e. The molecule has 5 heteroatoms. The minimum Gasteiger partial charge on any atom is -0.337 e. The second kappa shape index (κ2) is 5.75. The molecule has 1 saturated carbocycles. The van der Waals surface area contributed by atoms with Crippen LogP contribution in [0.15, 0.2) is 48.5 Å². The van der Waals surface area contributed by atoms with Crippen molar-refractivity contribution in [2.75, 3.05) is 11.9 Å². The molecule has 0 heterocycles. The Morgan fingerprint density at radius 3 is 2.23 bits per heavy atom. The van der Waals surface area contributed by atoms with Crippen molar-refractivity contribution in [3.8, 4) is 0 Å². The van der Waals surface area contributed by atoms with Gasteiger partial charge in [0.25, 0.3) is 0 Å². The van der Waals surface area contributed by atoms with Gasteiger partial charge in [-0.25, -0.2) is 13.6 Å². The number of para-hydroxylation sites is 1. The van der Waals surface area contributed by atoms with Gasteiger partial charge in [-0.05, 0) is 30.5 Å². The summed E-state index contributed by atoms with van der Waals surface area (Å²) in [6.07, 6.45) is 1.98. The summed E-state index contributed by atoms with van der Waals surface area (Å²) in [5, 5.41) is 4.93. The van der Waals surface area contributed by atoms with Crippen molar-refractivity contribution in [2.24, 2.45) is 0 Å². The SMILES string of the molecule is O=C(NCC1(c2ccccc2)CC1)Nc1c(F)cccc1F. The van der Waals surface area contributed by atoms with E-state index in [1.807, 2.05) is 30.3 Å². The molecule has 0 unspecified atom stereocenters. The molecule has 0 atom stereocenters. The van der Waals surface area contributed by atoms with Gasteiger partial charge < -0.3 is 10.6 Å². The van der Waals surface area contributed by atoms with E-state index in [0.29, 0.717) is 6.54 Å². The van der Waals surface area contributed by atoms with Crippen molar-refractivity contribution in [3.05, 3.63) is 65.7 Å². The number of hydrogen-bond acceptors (Lipinski definition) is 1. The fraction of sp³-hybridized carbons (Fsp3) is 0.235. The number of benzene rings is 2. The largest absolute Gasteiger partial charge is 0.337 e. The highest BCUT2D eigenvalue weighted by Crippen LogP contribution is 2.47. The Bertz CT molecular complexity index is 664. The van der Waals surface area contributed by atoms with Crippen molar-refractivity contribution in [3.63, 3.8) is 0 Å². The molecule has 0 aromatic heterocycles. The molecular formula is C17H16F2N2O. The Balaban J connectivity index is 1.62. The van der Waals surface area contributed by atoms with E-state index in [4.69, 9.17) is 0 Å². The van der Waals surface area contributed by atoms with E-state index >= 15 is 0 Å². The maximum absolute atomic E-state index is 13.5. The monoisotopic (exact) mass is 302 g/mol. The van der Waals surface area contributed by atoms with Gasteiger partial charge in [-0.1, -0.05) is 36.4 Å². The van der Waals surface area contributed by atoms with E-state index < -0.39 is 23.4 Å². The van der Waals surface area contributed by atoms with Crippen LogP contribution >= 0.6 is 0 Å². The number of carbonyl (C=O) groups is 1. The summed E-state index contributed by atoms with van der Waals surface area (Å²) in [5.41, 5.74) is 0.698. The summed E-state index contributed by atoms with van der Waals surface area (Å²) >= 11 is 0. The number of halogens is 2. The van der Waals surface area contributed by atoms with Gasteiger partial charge in [-0.2, -0.15) is 0 Å². The predicted octanol–water partition coefficient (Wildman–Crippen LogP) is 3.82. The highest BCUT2D eigenvalue weighted by atomic mass is 19.1. The van der Waals surface area contributed by atoms with Crippen molar-refractivity contribution >= 4 is 11.7 Å². The third kappa shape index (κ3) is 2.93.